The molecule has 0 N–H and O–H groups in total. The van der Waals surface area contributed by atoms with Gasteiger partial charge in [-0.15, -0.1) is 0 Å². The Labute approximate surface area is 72.2 Å². The highest BCUT2D eigenvalue weighted by atomic mass is 32.2. The Bertz CT molecular complexity index is 365. The van der Waals surface area contributed by atoms with Crippen LogP contribution >= 0.6 is 0 Å². The number of imidazole rings is 1. The average Bonchev–Trinajstić information content (AvgIpc) is 2.35. The standard InChI is InChI=1S/C7H12N2O2S/c1-6(2)12(10,11)7-4-9(3)5-8-7/h4-6H,1-3H3. The van der Waals surface area contributed by atoms with Gasteiger partial charge >= 0.3 is 0 Å². The first kappa shape index (κ1) is 9.25. The second-order valence-electron chi connectivity index (χ2n) is 2.97. The number of hydrogen-bond donors (Lipinski definition) is 0. The van der Waals surface area contributed by atoms with Crippen molar-refractivity contribution >= 4 is 9.84 Å². The van der Waals surface area contributed by atoms with Crippen LogP contribution in [0, 0.1) is 0 Å². The summed E-state index contributed by atoms with van der Waals surface area (Å²) in [7, 11) is -1.45. The third kappa shape index (κ3) is 1.50. The molecule has 0 spiro atoms. The molecule has 0 aliphatic rings. The van der Waals surface area contributed by atoms with Crippen LogP contribution in [0.3, 0.4) is 0 Å². The molecule has 0 fully saturated rings. The lowest BCUT2D eigenvalue weighted by Gasteiger charge is -2.02. The van der Waals surface area contributed by atoms with Crippen molar-refractivity contribution in [2.75, 3.05) is 0 Å². The maximum absolute atomic E-state index is 11.5. The highest BCUT2D eigenvalue weighted by Gasteiger charge is 2.21. The zero-order valence-corrected chi connectivity index (χ0v) is 8.17. The maximum atomic E-state index is 11.5. The average molecular weight is 188 g/mol. The van der Waals surface area contributed by atoms with Gasteiger partial charge in [0.2, 0.25) is 0 Å². The summed E-state index contributed by atoms with van der Waals surface area (Å²) in [6, 6.07) is 0. The van der Waals surface area contributed by atoms with Crippen molar-refractivity contribution in [3.63, 3.8) is 0 Å². The molecule has 0 atom stereocenters. The van der Waals surface area contributed by atoms with Crippen molar-refractivity contribution in [2.45, 2.75) is 24.1 Å². The van der Waals surface area contributed by atoms with E-state index in [0.717, 1.165) is 0 Å². The molecule has 4 nitrogen and oxygen atoms in total. The lowest BCUT2D eigenvalue weighted by atomic mass is 10.6. The maximum Gasteiger partial charge on any atom is 0.199 e. The minimum atomic E-state index is -3.19. The lowest BCUT2D eigenvalue weighted by molar-refractivity contribution is 0.584. The largest absolute Gasteiger partial charge is 0.339 e. The van der Waals surface area contributed by atoms with Crippen molar-refractivity contribution in [2.24, 2.45) is 7.05 Å². The fraction of sp³-hybridized carbons (Fsp3) is 0.571. The Kier molecular flexibility index (Phi) is 2.23. The van der Waals surface area contributed by atoms with Gasteiger partial charge in [-0.1, -0.05) is 0 Å². The van der Waals surface area contributed by atoms with E-state index in [-0.39, 0.29) is 5.03 Å². The van der Waals surface area contributed by atoms with Crippen molar-refractivity contribution in [1.29, 1.82) is 0 Å². The molecule has 0 amide bonds. The van der Waals surface area contributed by atoms with Gasteiger partial charge in [0.25, 0.3) is 0 Å². The van der Waals surface area contributed by atoms with E-state index in [1.54, 1.807) is 25.5 Å². The van der Waals surface area contributed by atoms with Gasteiger partial charge in [-0.25, -0.2) is 13.4 Å². The predicted octanol–water partition coefficient (Wildman–Crippen LogP) is 0.602. The van der Waals surface area contributed by atoms with Crippen LogP contribution in [-0.2, 0) is 16.9 Å². The van der Waals surface area contributed by atoms with Gasteiger partial charge < -0.3 is 4.57 Å². The summed E-state index contributed by atoms with van der Waals surface area (Å²) in [5.74, 6) is 0. The summed E-state index contributed by atoms with van der Waals surface area (Å²) in [6.45, 7) is 3.29. The number of hydrogen-bond acceptors (Lipinski definition) is 3. The number of aryl methyl sites for hydroxylation is 1. The molecular formula is C7H12N2O2S. The second kappa shape index (κ2) is 2.90. The number of nitrogens with zero attached hydrogens (tertiary/aromatic N) is 2. The Balaban J connectivity index is 3.15. The molecule has 1 heterocycles. The zero-order valence-electron chi connectivity index (χ0n) is 7.35. The predicted molar refractivity (Wildman–Crippen MR) is 45.5 cm³/mol. The molecule has 1 aromatic heterocycles. The van der Waals surface area contributed by atoms with Gasteiger partial charge in [0.1, 0.15) is 0 Å². The van der Waals surface area contributed by atoms with Crippen molar-refractivity contribution in [3.8, 4) is 0 Å². The lowest BCUT2D eigenvalue weighted by Crippen LogP contribution is -2.14. The molecular weight excluding hydrogens is 176 g/mol. The molecule has 0 aliphatic heterocycles. The molecule has 0 aromatic carbocycles. The van der Waals surface area contributed by atoms with Gasteiger partial charge in [-0.3, -0.25) is 0 Å². The van der Waals surface area contributed by atoms with Crippen LogP contribution in [0.4, 0.5) is 0 Å². The normalized spacial score (nSPS) is 12.3. The molecule has 0 saturated heterocycles. The van der Waals surface area contributed by atoms with E-state index in [1.165, 1.54) is 12.5 Å². The summed E-state index contributed by atoms with van der Waals surface area (Å²) in [5, 5.41) is -0.257. The van der Waals surface area contributed by atoms with Gasteiger partial charge in [0.05, 0.1) is 11.6 Å². The number of sulfone groups is 1. The molecule has 68 valence electrons. The first-order valence-corrected chi connectivity index (χ1v) is 5.21. The van der Waals surface area contributed by atoms with E-state index < -0.39 is 15.1 Å². The van der Waals surface area contributed by atoms with Crippen molar-refractivity contribution in [1.82, 2.24) is 9.55 Å². The minimum Gasteiger partial charge on any atom is -0.339 e. The molecule has 12 heavy (non-hydrogen) atoms. The number of rotatable bonds is 2. The smallest absolute Gasteiger partial charge is 0.199 e. The highest BCUT2D eigenvalue weighted by molar-refractivity contribution is 7.91. The molecule has 0 unspecified atom stereocenters. The Morgan fingerprint density at radius 1 is 1.50 bits per heavy atom. The van der Waals surface area contributed by atoms with Gasteiger partial charge in [0.15, 0.2) is 14.9 Å². The Morgan fingerprint density at radius 2 is 2.08 bits per heavy atom. The topological polar surface area (TPSA) is 52.0 Å². The highest BCUT2D eigenvalue weighted by Crippen LogP contribution is 2.11. The van der Waals surface area contributed by atoms with E-state index in [2.05, 4.69) is 4.98 Å². The Hall–Kier alpha value is -0.840. The van der Waals surface area contributed by atoms with E-state index >= 15 is 0 Å². The molecule has 0 radical (unpaired) electrons. The Morgan fingerprint density at radius 3 is 2.42 bits per heavy atom. The van der Waals surface area contributed by atoms with E-state index in [1.807, 2.05) is 0 Å². The fourth-order valence-corrected chi connectivity index (χ4v) is 1.77. The van der Waals surface area contributed by atoms with Crippen LogP contribution in [0.1, 0.15) is 13.8 Å². The molecule has 5 heteroatoms. The summed E-state index contributed by atoms with van der Waals surface area (Å²) in [4.78, 5) is 3.78. The van der Waals surface area contributed by atoms with E-state index in [9.17, 15) is 8.42 Å². The zero-order chi connectivity index (χ0) is 9.35. The quantitative estimate of drug-likeness (QED) is 0.683. The summed E-state index contributed by atoms with van der Waals surface area (Å²) in [6.07, 6.45) is 2.99. The van der Waals surface area contributed by atoms with Crippen LogP contribution in [0.15, 0.2) is 17.6 Å². The third-order valence-corrected chi connectivity index (χ3v) is 3.63. The summed E-state index contributed by atoms with van der Waals surface area (Å²) in [5.41, 5.74) is 0. The molecule has 1 rings (SSSR count). The molecule has 0 bridgehead atoms. The first-order chi connectivity index (χ1) is 5.44. The molecule has 0 aliphatic carbocycles. The van der Waals surface area contributed by atoms with Crippen LogP contribution in [0.2, 0.25) is 0 Å². The van der Waals surface area contributed by atoms with Crippen LogP contribution in [-0.4, -0.2) is 23.2 Å². The van der Waals surface area contributed by atoms with Crippen molar-refractivity contribution < 1.29 is 8.42 Å². The summed E-state index contributed by atoms with van der Waals surface area (Å²) >= 11 is 0. The first-order valence-electron chi connectivity index (χ1n) is 3.66. The van der Waals surface area contributed by atoms with Crippen LogP contribution in [0.5, 0.6) is 0 Å². The SMILES string of the molecule is CC(C)S(=O)(=O)c1cn(C)cn1. The van der Waals surface area contributed by atoms with Crippen LogP contribution in [0.25, 0.3) is 0 Å². The van der Waals surface area contributed by atoms with Crippen molar-refractivity contribution in [3.05, 3.63) is 12.5 Å². The van der Waals surface area contributed by atoms with Gasteiger partial charge in [-0.2, -0.15) is 0 Å². The monoisotopic (exact) mass is 188 g/mol. The fourth-order valence-electron chi connectivity index (χ4n) is 0.777. The number of aromatic nitrogens is 2. The van der Waals surface area contributed by atoms with Crippen LogP contribution < -0.4 is 0 Å². The van der Waals surface area contributed by atoms with E-state index in [0.29, 0.717) is 0 Å². The van der Waals surface area contributed by atoms with Gasteiger partial charge in [0, 0.05) is 13.2 Å². The minimum absolute atomic E-state index is 0.153. The third-order valence-electron chi connectivity index (χ3n) is 1.59. The second-order valence-corrected chi connectivity index (χ2v) is 5.42. The molecule has 0 saturated carbocycles. The van der Waals surface area contributed by atoms with Gasteiger partial charge in [-0.05, 0) is 13.8 Å². The summed E-state index contributed by atoms with van der Waals surface area (Å²) < 4.78 is 24.6. The molecule has 1 aromatic rings. The van der Waals surface area contributed by atoms with E-state index in [4.69, 9.17) is 0 Å².